The molecular formula is C16H17Cl2N3O6S2. The van der Waals surface area contributed by atoms with Crippen molar-refractivity contribution >= 4 is 43.1 Å². The summed E-state index contributed by atoms with van der Waals surface area (Å²) in [6.07, 6.45) is 2.14. The first kappa shape index (κ1) is 22.3. The highest BCUT2D eigenvalue weighted by molar-refractivity contribution is 7.92. The van der Waals surface area contributed by atoms with Gasteiger partial charge in [-0.3, -0.25) is 0 Å². The topological polar surface area (TPSA) is 138 Å². The summed E-state index contributed by atoms with van der Waals surface area (Å²) in [6, 6.07) is 3.75. The van der Waals surface area contributed by atoms with Crippen LogP contribution in [0.3, 0.4) is 0 Å². The van der Waals surface area contributed by atoms with Crippen molar-refractivity contribution in [3.63, 3.8) is 0 Å². The molecule has 0 bridgehead atoms. The first-order valence-corrected chi connectivity index (χ1v) is 12.0. The fourth-order valence-corrected chi connectivity index (χ4v) is 7.25. The maximum absolute atomic E-state index is 13.0. The number of benzene rings is 1. The highest BCUT2D eigenvalue weighted by Crippen LogP contribution is 2.36. The predicted octanol–water partition coefficient (Wildman–Crippen LogP) is 0.662. The summed E-state index contributed by atoms with van der Waals surface area (Å²) in [4.78, 5) is 7.08. The molecule has 29 heavy (non-hydrogen) atoms. The molecule has 1 fully saturated rings. The third kappa shape index (κ3) is 4.00. The van der Waals surface area contributed by atoms with Crippen molar-refractivity contribution in [1.82, 2.24) is 14.3 Å². The van der Waals surface area contributed by atoms with Crippen LogP contribution < -0.4 is 0 Å². The monoisotopic (exact) mass is 481 g/mol. The molecular weight excluding hydrogens is 465 g/mol. The number of hydrogen-bond acceptors (Lipinski definition) is 8. The second-order valence-corrected chi connectivity index (χ2v) is 11.5. The summed E-state index contributed by atoms with van der Waals surface area (Å²) < 4.78 is 52.8. The number of aryl methyl sites for hydroxylation is 1. The molecule has 2 heterocycles. The number of halogens is 2. The number of sulfonamides is 1. The van der Waals surface area contributed by atoms with E-state index in [9.17, 15) is 27.0 Å². The summed E-state index contributed by atoms with van der Waals surface area (Å²) in [5.74, 6) is 0.342. The van der Waals surface area contributed by atoms with Crippen molar-refractivity contribution < 1.29 is 27.0 Å². The quantitative estimate of drug-likeness (QED) is 0.634. The molecule has 0 amide bonds. The van der Waals surface area contributed by atoms with E-state index in [0.717, 1.165) is 16.7 Å². The SMILES string of the molecule is Cc1ncc(S(=O)(=O)[C@H]2CN(S(=O)(=O)c3ccc(Cl)cc3Cl)C[C@@]2(O)CO)cn1. The summed E-state index contributed by atoms with van der Waals surface area (Å²) >= 11 is 11.8. The fourth-order valence-electron chi connectivity index (χ4n) is 3.06. The van der Waals surface area contributed by atoms with Crippen LogP contribution in [-0.2, 0) is 19.9 Å². The number of aliphatic hydroxyl groups excluding tert-OH is 1. The van der Waals surface area contributed by atoms with Crippen molar-refractivity contribution in [2.45, 2.75) is 27.6 Å². The molecule has 3 rings (SSSR count). The molecule has 0 unspecified atom stereocenters. The Morgan fingerprint density at radius 1 is 1.21 bits per heavy atom. The minimum absolute atomic E-state index is 0.150. The normalized spacial score (nSPS) is 23.4. The predicted molar refractivity (Wildman–Crippen MR) is 105 cm³/mol. The smallest absolute Gasteiger partial charge is 0.244 e. The lowest BCUT2D eigenvalue weighted by molar-refractivity contribution is 0.00159. The third-order valence-electron chi connectivity index (χ3n) is 4.66. The maximum atomic E-state index is 13.0. The van der Waals surface area contributed by atoms with Gasteiger partial charge in [-0.25, -0.2) is 26.8 Å². The highest BCUT2D eigenvalue weighted by Gasteiger charge is 2.55. The highest BCUT2D eigenvalue weighted by atomic mass is 35.5. The van der Waals surface area contributed by atoms with Crippen molar-refractivity contribution in [3.8, 4) is 0 Å². The Balaban J connectivity index is 2.03. The van der Waals surface area contributed by atoms with Crippen LogP contribution in [0, 0.1) is 6.92 Å². The minimum atomic E-state index is -4.27. The van der Waals surface area contributed by atoms with E-state index in [0.29, 0.717) is 5.82 Å². The van der Waals surface area contributed by atoms with Crippen LogP contribution in [0.4, 0.5) is 0 Å². The third-order valence-corrected chi connectivity index (χ3v) is 9.40. The molecule has 0 saturated carbocycles. The lowest BCUT2D eigenvalue weighted by atomic mass is 10.1. The van der Waals surface area contributed by atoms with Gasteiger partial charge in [0, 0.05) is 30.5 Å². The van der Waals surface area contributed by atoms with Gasteiger partial charge in [0.15, 0.2) is 9.84 Å². The second kappa shape index (κ2) is 7.73. The number of aliphatic hydroxyl groups is 2. The molecule has 1 aromatic heterocycles. The lowest BCUT2D eigenvalue weighted by Crippen LogP contribution is -2.49. The van der Waals surface area contributed by atoms with Gasteiger partial charge < -0.3 is 10.2 Å². The summed E-state index contributed by atoms with van der Waals surface area (Å²) in [7, 11) is -8.54. The van der Waals surface area contributed by atoms with E-state index in [2.05, 4.69) is 9.97 Å². The Bertz CT molecular complexity index is 1140. The van der Waals surface area contributed by atoms with Gasteiger partial charge in [0.1, 0.15) is 26.5 Å². The molecule has 158 valence electrons. The average Bonchev–Trinajstić information content (AvgIpc) is 3.02. The first-order valence-electron chi connectivity index (χ1n) is 8.23. The Morgan fingerprint density at radius 3 is 2.38 bits per heavy atom. The Morgan fingerprint density at radius 2 is 1.83 bits per heavy atom. The molecule has 1 aromatic carbocycles. The van der Waals surface area contributed by atoms with Crippen molar-refractivity contribution in [2.24, 2.45) is 0 Å². The molecule has 13 heteroatoms. The molecule has 2 N–H and O–H groups in total. The van der Waals surface area contributed by atoms with Gasteiger partial charge in [0.2, 0.25) is 10.0 Å². The minimum Gasteiger partial charge on any atom is -0.393 e. The maximum Gasteiger partial charge on any atom is 0.244 e. The van der Waals surface area contributed by atoms with Crippen molar-refractivity contribution in [1.29, 1.82) is 0 Å². The van der Waals surface area contributed by atoms with E-state index in [1.54, 1.807) is 6.92 Å². The van der Waals surface area contributed by atoms with Gasteiger partial charge >= 0.3 is 0 Å². The zero-order chi connectivity index (χ0) is 21.6. The van der Waals surface area contributed by atoms with Crippen LogP contribution in [0.25, 0.3) is 0 Å². The average molecular weight is 482 g/mol. The van der Waals surface area contributed by atoms with Crippen LogP contribution >= 0.6 is 23.2 Å². The lowest BCUT2D eigenvalue weighted by Gasteiger charge is -2.26. The number of sulfone groups is 1. The van der Waals surface area contributed by atoms with E-state index in [-0.39, 0.29) is 19.8 Å². The zero-order valence-corrected chi connectivity index (χ0v) is 18.2. The molecule has 0 aliphatic carbocycles. The molecule has 1 saturated heterocycles. The molecule has 0 radical (unpaired) electrons. The van der Waals surface area contributed by atoms with Gasteiger partial charge in [-0.15, -0.1) is 0 Å². The number of aromatic nitrogens is 2. The fraction of sp³-hybridized carbons (Fsp3) is 0.375. The van der Waals surface area contributed by atoms with E-state index in [4.69, 9.17) is 23.2 Å². The van der Waals surface area contributed by atoms with Crippen LogP contribution in [0.2, 0.25) is 10.0 Å². The summed E-state index contributed by atoms with van der Waals surface area (Å²) in [5.41, 5.74) is -2.23. The Kier molecular flexibility index (Phi) is 5.96. The molecule has 9 nitrogen and oxygen atoms in total. The van der Waals surface area contributed by atoms with E-state index >= 15 is 0 Å². The first-order chi connectivity index (χ1) is 13.4. The van der Waals surface area contributed by atoms with Crippen molar-refractivity contribution in [3.05, 3.63) is 46.5 Å². The molecule has 1 aliphatic rings. The largest absolute Gasteiger partial charge is 0.393 e. The molecule has 2 atom stereocenters. The van der Waals surface area contributed by atoms with E-state index < -0.39 is 50.4 Å². The van der Waals surface area contributed by atoms with E-state index in [1.807, 2.05) is 0 Å². The van der Waals surface area contributed by atoms with Gasteiger partial charge in [-0.05, 0) is 25.1 Å². The molecule has 2 aromatic rings. The molecule has 1 aliphatic heterocycles. The van der Waals surface area contributed by atoms with Crippen LogP contribution in [0.1, 0.15) is 5.82 Å². The van der Waals surface area contributed by atoms with Crippen LogP contribution in [0.15, 0.2) is 40.4 Å². The van der Waals surface area contributed by atoms with Gasteiger partial charge in [0.25, 0.3) is 0 Å². The number of hydrogen-bond donors (Lipinski definition) is 2. The number of rotatable bonds is 5. The van der Waals surface area contributed by atoms with Crippen LogP contribution in [0.5, 0.6) is 0 Å². The summed E-state index contributed by atoms with van der Waals surface area (Å²) in [5, 5.41) is 18.9. The standard InChI is InChI=1S/C16H17Cl2N3O6S2/c1-10-19-5-12(6-20-10)28(24,25)15-7-21(8-16(15,23)9-22)29(26,27)14-3-2-11(17)4-13(14)18/h2-6,15,22-23H,7-9H2,1H3/t15-,16+/m0/s1. The van der Waals surface area contributed by atoms with Gasteiger partial charge in [-0.2, -0.15) is 4.31 Å². The van der Waals surface area contributed by atoms with Gasteiger partial charge in [0.05, 0.1) is 11.6 Å². The van der Waals surface area contributed by atoms with E-state index in [1.165, 1.54) is 18.2 Å². The second-order valence-electron chi connectivity index (χ2n) is 6.63. The van der Waals surface area contributed by atoms with Crippen molar-refractivity contribution in [2.75, 3.05) is 19.7 Å². The van der Waals surface area contributed by atoms with Gasteiger partial charge in [-0.1, -0.05) is 23.2 Å². The molecule has 0 spiro atoms. The zero-order valence-electron chi connectivity index (χ0n) is 15.0. The summed E-state index contributed by atoms with van der Waals surface area (Å²) in [6.45, 7) is -0.625. The number of β-amino-alcohol motifs (C(OH)–C–C–N with tert-alkyl or cyclic N) is 1. The van der Waals surface area contributed by atoms with Crippen LogP contribution in [-0.4, -0.2) is 71.9 Å². The number of nitrogens with zero attached hydrogens (tertiary/aromatic N) is 3. The Hall–Kier alpha value is -1.34. The Labute approximate surface area is 177 Å².